The molecule has 2 rings (SSSR count). The van der Waals surface area contributed by atoms with Gasteiger partial charge in [-0.25, -0.2) is 9.78 Å². The highest BCUT2D eigenvalue weighted by Crippen LogP contribution is 2.10. The Balaban J connectivity index is 2.72. The van der Waals surface area contributed by atoms with Gasteiger partial charge in [0.2, 0.25) is 0 Å². The molecule has 0 bridgehead atoms. The van der Waals surface area contributed by atoms with E-state index in [9.17, 15) is 9.59 Å². The van der Waals surface area contributed by atoms with Gasteiger partial charge in [0.15, 0.2) is 11.2 Å². The number of unbranched alkanes of at least 4 members (excludes halogenated alkanes) is 1. The van der Waals surface area contributed by atoms with Crippen LogP contribution in [0.3, 0.4) is 0 Å². The third-order valence-electron chi connectivity index (χ3n) is 3.73. The van der Waals surface area contributed by atoms with E-state index in [-0.39, 0.29) is 30.1 Å². The Hall–Kier alpha value is -2.36. The normalized spacial score (nSPS) is 11.3. The van der Waals surface area contributed by atoms with Gasteiger partial charge in [-0.3, -0.25) is 13.9 Å². The minimum atomic E-state index is -0.382. The Morgan fingerprint density at radius 1 is 1.26 bits per heavy atom. The molecular formula is C16H23N5O2. The second-order valence-electron chi connectivity index (χ2n) is 6.12. The Kier molecular flexibility index (Phi) is 5.37. The number of aryl methyl sites for hydroxylation is 1. The highest BCUT2D eigenvalue weighted by atomic mass is 16.2. The quantitative estimate of drug-likeness (QED) is 0.778. The summed E-state index contributed by atoms with van der Waals surface area (Å²) in [5.74, 6) is 0.249. The molecule has 0 aliphatic rings. The van der Waals surface area contributed by atoms with Crippen LogP contribution in [0.25, 0.3) is 11.2 Å². The molecule has 7 heteroatoms. The smallest absolute Gasteiger partial charge is 0.325 e. The molecule has 2 heterocycles. The Morgan fingerprint density at radius 2 is 2.00 bits per heavy atom. The van der Waals surface area contributed by atoms with Crippen molar-refractivity contribution >= 4 is 11.2 Å². The van der Waals surface area contributed by atoms with Crippen LogP contribution in [0.1, 0.15) is 40.0 Å². The van der Waals surface area contributed by atoms with Gasteiger partial charge in [-0.05, 0) is 12.3 Å². The topological polar surface area (TPSA) is 85.6 Å². The lowest BCUT2D eigenvalue weighted by atomic mass is 10.2. The molecule has 0 aliphatic heterocycles. The summed E-state index contributed by atoms with van der Waals surface area (Å²) in [5, 5.41) is 8.78. The van der Waals surface area contributed by atoms with Gasteiger partial charge < -0.3 is 4.57 Å². The van der Waals surface area contributed by atoms with Crippen LogP contribution < -0.4 is 11.2 Å². The first-order chi connectivity index (χ1) is 11.0. The Morgan fingerprint density at radius 3 is 2.61 bits per heavy atom. The lowest BCUT2D eigenvalue weighted by Crippen LogP contribution is -2.41. The molecule has 0 N–H and O–H groups in total. The van der Waals surface area contributed by atoms with Gasteiger partial charge in [-0.15, -0.1) is 0 Å². The van der Waals surface area contributed by atoms with Crippen molar-refractivity contribution in [2.45, 2.75) is 59.7 Å². The third kappa shape index (κ3) is 3.36. The standard InChI is InChI=1S/C16H23N5O2/c1-4-5-8-19-11-18-14-13(19)15(22)20(9-6-7-17)16(23)21(14)10-12(2)3/h11-12H,4-6,8-10H2,1-3H3. The summed E-state index contributed by atoms with van der Waals surface area (Å²) in [6.07, 6.45) is 3.71. The van der Waals surface area contributed by atoms with Crippen molar-refractivity contribution < 1.29 is 0 Å². The lowest BCUT2D eigenvalue weighted by molar-refractivity contribution is 0.487. The zero-order chi connectivity index (χ0) is 17.0. The van der Waals surface area contributed by atoms with Crippen LogP contribution in [-0.4, -0.2) is 18.7 Å². The van der Waals surface area contributed by atoms with Crippen molar-refractivity contribution in [3.8, 4) is 6.07 Å². The first-order valence-electron chi connectivity index (χ1n) is 8.06. The maximum Gasteiger partial charge on any atom is 0.332 e. The van der Waals surface area contributed by atoms with E-state index in [1.165, 1.54) is 0 Å². The van der Waals surface area contributed by atoms with E-state index >= 15 is 0 Å². The van der Waals surface area contributed by atoms with E-state index in [4.69, 9.17) is 5.26 Å². The summed E-state index contributed by atoms with van der Waals surface area (Å²) in [5.41, 5.74) is 0.163. The predicted octanol–water partition coefficient (Wildman–Crippen LogP) is 1.73. The Bertz CT molecular complexity index is 835. The summed E-state index contributed by atoms with van der Waals surface area (Å²) in [6, 6.07) is 1.99. The van der Waals surface area contributed by atoms with E-state index in [0.29, 0.717) is 24.3 Å². The van der Waals surface area contributed by atoms with Gasteiger partial charge in [0, 0.05) is 19.6 Å². The van der Waals surface area contributed by atoms with Gasteiger partial charge in [-0.1, -0.05) is 27.2 Å². The molecule has 2 aromatic heterocycles. The second-order valence-corrected chi connectivity index (χ2v) is 6.12. The number of hydrogen-bond acceptors (Lipinski definition) is 4. The average molecular weight is 317 g/mol. The van der Waals surface area contributed by atoms with Crippen LogP contribution in [0.2, 0.25) is 0 Å². The molecular weight excluding hydrogens is 294 g/mol. The zero-order valence-electron chi connectivity index (χ0n) is 13.9. The molecule has 0 amide bonds. The highest BCUT2D eigenvalue weighted by molar-refractivity contribution is 5.70. The molecule has 0 atom stereocenters. The molecule has 0 aliphatic carbocycles. The summed E-state index contributed by atoms with van der Waals surface area (Å²) in [6.45, 7) is 7.40. The fourth-order valence-corrected chi connectivity index (χ4v) is 2.63. The van der Waals surface area contributed by atoms with Crippen LogP contribution in [0.5, 0.6) is 0 Å². The van der Waals surface area contributed by atoms with Crippen molar-refractivity contribution in [3.05, 3.63) is 27.2 Å². The molecule has 124 valence electrons. The number of nitriles is 1. The van der Waals surface area contributed by atoms with Crippen LogP contribution in [0.4, 0.5) is 0 Å². The minimum absolute atomic E-state index is 0.112. The van der Waals surface area contributed by atoms with E-state index in [2.05, 4.69) is 11.9 Å². The Labute approximate surface area is 134 Å². The predicted molar refractivity (Wildman–Crippen MR) is 88.2 cm³/mol. The van der Waals surface area contributed by atoms with Crippen molar-refractivity contribution in [1.29, 1.82) is 5.26 Å². The minimum Gasteiger partial charge on any atom is -0.325 e. The van der Waals surface area contributed by atoms with Gasteiger partial charge in [-0.2, -0.15) is 5.26 Å². The van der Waals surface area contributed by atoms with E-state index in [0.717, 1.165) is 17.4 Å². The maximum absolute atomic E-state index is 12.7. The van der Waals surface area contributed by atoms with Crippen LogP contribution >= 0.6 is 0 Å². The van der Waals surface area contributed by atoms with Gasteiger partial charge in [0.25, 0.3) is 5.56 Å². The summed E-state index contributed by atoms with van der Waals surface area (Å²) in [4.78, 5) is 29.7. The monoisotopic (exact) mass is 317 g/mol. The number of fused-ring (bicyclic) bond motifs is 1. The number of rotatable bonds is 7. The van der Waals surface area contributed by atoms with Crippen LogP contribution in [0.15, 0.2) is 15.9 Å². The third-order valence-corrected chi connectivity index (χ3v) is 3.73. The molecule has 0 unspecified atom stereocenters. The average Bonchev–Trinajstić information content (AvgIpc) is 2.93. The fraction of sp³-hybridized carbons (Fsp3) is 0.625. The molecule has 0 radical (unpaired) electrons. The molecule has 2 aromatic rings. The molecule has 7 nitrogen and oxygen atoms in total. The first kappa shape index (κ1) is 17.0. The number of aromatic nitrogens is 4. The van der Waals surface area contributed by atoms with Crippen LogP contribution in [-0.2, 0) is 19.6 Å². The summed E-state index contributed by atoms with van der Waals surface area (Å²) in [7, 11) is 0. The van der Waals surface area contributed by atoms with Crippen molar-refractivity contribution in [2.75, 3.05) is 0 Å². The fourth-order valence-electron chi connectivity index (χ4n) is 2.63. The van der Waals surface area contributed by atoms with Crippen molar-refractivity contribution in [1.82, 2.24) is 18.7 Å². The maximum atomic E-state index is 12.7. The lowest BCUT2D eigenvalue weighted by Gasteiger charge is -2.13. The number of hydrogen-bond donors (Lipinski definition) is 0. The van der Waals surface area contributed by atoms with Gasteiger partial charge in [0.05, 0.1) is 18.8 Å². The first-order valence-corrected chi connectivity index (χ1v) is 8.06. The summed E-state index contributed by atoms with van der Waals surface area (Å²) >= 11 is 0. The van der Waals surface area contributed by atoms with Gasteiger partial charge in [0.1, 0.15) is 0 Å². The highest BCUT2D eigenvalue weighted by Gasteiger charge is 2.18. The number of imidazole rings is 1. The summed E-state index contributed by atoms with van der Waals surface area (Å²) < 4.78 is 4.54. The molecule has 23 heavy (non-hydrogen) atoms. The SMILES string of the molecule is CCCCn1cnc2c1c(=O)n(CCC#N)c(=O)n2CC(C)C. The van der Waals surface area contributed by atoms with E-state index < -0.39 is 0 Å². The molecule has 0 spiro atoms. The molecule has 0 saturated carbocycles. The molecule has 0 saturated heterocycles. The van der Waals surface area contributed by atoms with E-state index in [1.54, 1.807) is 10.9 Å². The molecule has 0 aromatic carbocycles. The number of nitrogens with zero attached hydrogens (tertiary/aromatic N) is 5. The largest absolute Gasteiger partial charge is 0.332 e. The molecule has 0 fully saturated rings. The van der Waals surface area contributed by atoms with Crippen LogP contribution in [0, 0.1) is 17.2 Å². The zero-order valence-corrected chi connectivity index (χ0v) is 13.9. The van der Waals surface area contributed by atoms with Crippen molar-refractivity contribution in [3.63, 3.8) is 0 Å². The second kappa shape index (κ2) is 7.27. The van der Waals surface area contributed by atoms with Gasteiger partial charge >= 0.3 is 5.69 Å². The van der Waals surface area contributed by atoms with E-state index in [1.807, 2.05) is 24.5 Å². The van der Waals surface area contributed by atoms with Crippen molar-refractivity contribution in [2.24, 2.45) is 5.92 Å².